The van der Waals surface area contributed by atoms with Gasteiger partial charge in [-0.25, -0.2) is 0 Å². The first-order chi connectivity index (χ1) is 31.9. The molecule has 1 saturated heterocycles. The monoisotopic (exact) mass is 973 g/mol. The van der Waals surface area contributed by atoms with Crippen LogP contribution in [0, 0.1) is 0 Å². The maximum atomic E-state index is 13.0. The van der Waals surface area contributed by atoms with E-state index in [-0.39, 0.29) is 97.2 Å². The number of nitrogens with one attached hydrogen (secondary N) is 2. The molecule has 0 aromatic heterocycles. The molecule has 16 nitrogen and oxygen atoms in total. The smallest absolute Gasteiger partial charge is 0.307 e. The number of esters is 4. The first kappa shape index (κ1) is 60.8. The fourth-order valence-corrected chi connectivity index (χ4v) is 8.37. The third-order valence-corrected chi connectivity index (χ3v) is 13.0. The van der Waals surface area contributed by atoms with Crippen LogP contribution >= 0.6 is 23.5 Å². The van der Waals surface area contributed by atoms with Crippen molar-refractivity contribution in [2.75, 3.05) is 77.2 Å². The van der Waals surface area contributed by atoms with Crippen molar-refractivity contribution in [2.45, 2.75) is 181 Å². The van der Waals surface area contributed by atoms with E-state index in [1.54, 1.807) is 0 Å². The van der Waals surface area contributed by atoms with Crippen LogP contribution in [0.15, 0.2) is 0 Å². The highest BCUT2D eigenvalue weighted by Gasteiger charge is 2.34. The van der Waals surface area contributed by atoms with Crippen molar-refractivity contribution in [3.8, 4) is 0 Å². The molecule has 0 spiro atoms. The zero-order chi connectivity index (χ0) is 48.6. The Balaban J connectivity index is 2.61. The van der Waals surface area contributed by atoms with E-state index in [1.807, 2.05) is 9.80 Å². The molecule has 380 valence electrons. The van der Waals surface area contributed by atoms with E-state index in [4.69, 9.17) is 18.9 Å². The van der Waals surface area contributed by atoms with Gasteiger partial charge in [-0.05, 0) is 25.7 Å². The number of amides is 2. The first-order valence-electron chi connectivity index (χ1n) is 24.9. The van der Waals surface area contributed by atoms with Crippen molar-refractivity contribution in [1.82, 2.24) is 20.4 Å². The summed E-state index contributed by atoms with van der Waals surface area (Å²) in [7, 11) is 0. The average molecular weight is 973 g/mol. The molecule has 0 saturated carbocycles. The molecule has 66 heavy (non-hydrogen) atoms. The summed E-state index contributed by atoms with van der Waals surface area (Å²) < 4.78 is 21.5. The van der Waals surface area contributed by atoms with Gasteiger partial charge in [0.2, 0.25) is 11.8 Å². The molecule has 0 radical (unpaired) electrons. The van der Waals surface area contributed by atoms with Gasteiger partial charge in [0.05, 0.1) is 52.1 Å². The molecule has 2 N–H and O–H groups in total. The van der Waals surface area contributed by atoms with Gasteiger partial charge in [0.1, 0.15) is 12.1 Å². The minimum Gasteiger partial charge on any atom is -0.466 e. The number of rotatable bonds is 42. The van der Waals surface area contributed by atoms with Crippen LogP contribution in [0.5, 0.6) is 0 Å². The second kappa shape index (κ2) is 40.8. The van der Waals surface area contributed by atoms with Gasteiger partial charge in [-0.15, -0.1) is 0 Å². The van der Waals surface area contributed by atoms with Crippen LogP contribution in [0.25, 0.3) is 0 Å². The standard InChI is InChI=1S/C48H84N4O12S2/c1-5-9-13-17-33-61-41(53)21-27-51(28-22-42(54)62-34-18-14-10-6-2)31-25-45(57)65-37-39-47(59)50-40(48(60)49-39)38-66-46(58)26-32-52(29-23-43(55)63-35-19-15-11-7-3)30-24-44(56)64-36-20-16-12-8-4/h39-40H,5-38H2,1-4H3,(H,49,60)(H,50,59). The Bertz CT molecular complexity index is 1250. The van der Waals surface area contributed by atoms with Gasteiger partial charge in [-0.3, -0.25) is 38.4 Å². The summed E-state index contributed by atoms with van der Waals surface area (Å²) in [4.78, 5) is 105. The van der Waals surface area contributed by atoms with Crippen molar-refractivity contribution in [2.24, 2.45) is 0 Å². The van der Waals surface area contributed by atoms with Crippen LogP contribution in [0.4, 0.5) is 0 Å². The fourth-order valence-electron chi connectivity index (χ4n) is 6.72. The summed E-state index contributed by atoms with van der Waals surface area (Å²) in [6, 6.07) is -1.89. The molecule has 2 unspecified atom stereocenters. The van der Waals surface area contributed by atoms with Crippen LogP contribution in [0.1, 0.15) is 169 Å². The second-order valence-electron chi connectivity index (χ2n) is 16.8. The van der Waals surface area contributed by atoms with E-state index in [0.717, 1.165) is 126 Å². The summed E-state index contributed by atoms with van der Waals surface area (Å²) in [6.07, 6.45) is 16.5. The van der Waals surface area contributed by atoms with Gasteiger partial charge in [0.15, 0.2) is 10.2 Å². The van der Waals surface area contributed by atoms with Crippen molar-refractivity contribution < 1.29 is 57.3 Å². The lowest BCUT2D eigenvalue weighted by Gasteiger charge is -2.29. The molecule has 2 atom stereocenters. The molecule has 1 rings (SSSR count). The highest BCUT2D eigenvalue weighted by atomic mass is 32.2. The van der Waals surface area contributed by atoms with Gasteiger partial charge in [-0.2, -0.15) is 0 Å². The third kappa shape index (κ3) is 33.3. The molecule has 1 aliphatic heterocycles. The normalized spacial score (nSPS) is 14.8. The SMILES string of the molecule is CCCCCCOC(=O)CCN(CCC(=O)OCCCCCC)CCC(=O)SCC1NC(=O)C(CSC(=O)CCN(CCC(=O)OCCCCCC)CCC(=O)OCCCCCC)NC1=O. The topological polar surface area (TPSA) is 204 Å². The van der Waals surface area contributed by atoms with Crippen molar-refractivity contribution >= 4 is 69.4 Å². The second-order valence-corrected chi connectivity index (χ2v) is 19.0. The van der Waals surface area contributed by atoms with Crippen molar-refractivity contribution in [1.29, 1.82) is 0 Å². The van der Waals surface area contributed by atoms with Crippen molar-refractivity contribution in [3.05, 3.63) is 0 Å². The number of piperazine rings is 1. The van der Waals surface area contributed by atoms with Crippen LogP contribution in [0.2, 0.25) is 0 Å². The average Bonchev–Trinajstić information content (AvgIpc) is 3.30. The molecule has 2 amide bonds. The zero-order valence-corrected chi connectivity index (χ0v) is 42.4. The minimum atomic E-state index is -0.946. The minimum absolute atomic E-state index is 0.0124. The molecular formula is C48H84N4O12S2. The first-order valence-corrected chi connectivity index (χ1v) is 26.9. The Labute approximate surface area is 403 Å². The fraction of sp³-hybridized carbons (Fsp3) is 0.833. The largest absolute Gasteiger partial charge is 0.466 e. The van der Waals surface area contributed by atoms with Gasteiger partial charge < -0.3 is 39.4 Å². The van der Waals surface area contributed by atoms with Crippen LogP contribution in [-0.2, 0) is 57.3 Å². The Morgan fingerprint density at radius 3 is 0.924 bits per heavy atom. The van der Waals surface area contributed by atoms with E-state index in [1.165, 1.54) is 0 Å². The Hall–Kier alpha value is -3.22. The molecule has 1 fully saturated rings. The van der Waals surface area contributed by atoms with E-state index in [9.17, 15) is 38.4 Å². The van der Waals surface area contributed by atoms with Gasteiger partial charge in [0, 0.05) is 63.6 Å². The molecule has 1 aliphatic rings. The number of nitrogens with zero attached hydrogens (tertiary/aromatic N) is 2. The number of ether oxygens (including phenoxy) is 4. The lowest BCUT2D eigenvalue weighted by Crippen LogP contribution is -2.63. The Morgan fingerprint density at radius 2 is 0.667 bits per heavy atom. The predicted octanol–water partition coefficient (Wildman–Crippen LogP) is 6.93. The lowest BCUT2D eigenvalue weighted by molar-refractivity contribution is -0.146. The number of thioether (sulfide) groups is 2. The summed E-state index contributed by atoms with van der Waals surface area (Å²) >= 11 is 1.84. The molecule has 1 heterocycles. The Kier molecular flexibility index (Phi) is 37.6. The highest BCUT2D eigenvalue weighted by Crippen LogP contribution is 2.15. The van der Waals surface area contributed by atoms with Crippen LogP contribution in [0.3, 0.4) is 0 Å². The molecule has 0 bridgehead atoms. The number of hydrogen-bond donors (Lipinski definition) is 2. The molecule has 0 aliphatic carbocycles. The van der Waals surface area contributed by atoms with E-state index in [2.05, 4.69) is 38.3 Å². The van der Waals surface area contributed by atoms with Crippen LogP contribution < -0.4 is 10.6 Å². The Morgan fingerprint density at radius 1 is 0.409 bits per heavy atom. The van der Waals surface area contributed by atoms with E-state index in [0.29, 0.717) is 52.6 Å². The van der Waals surface area contributed by atoms with E-state index < -0.39 is 23.9 Å². The summed E-state index contributed by atoms with van der Waals surface area (Å²) in [5.74, 6) is -2.23. The third-order valence-electron chi connectivity index (χ3n) is 10.9. The number of hydrogen-bond acceptors (Lipinski definition) is 16. The molecule has 18 heteroatoms. The maximum Gasteiger partial charge on any atom is 0.307 e. The summed E-state index contributed by atoms with van der Waals surface area (Å²) in [5, 5.41) is 4.93. The quantitative estimate of drug-likeness (QED) is 0.0362. The lowest BCUT2D eigenvalue weighted by atomic mass is 10.2. The molecular weight excluding hydrogens is 889 g/mol. The predicted molar refractivity (Wildman–Crippen MR) is 260 cm³/mol. The number of carbonyl (C=O) groups excluding carboxylic acids is 8. The van der Waals surface area contributed by atoms with Gasteiger partial charge in [-0.1, -0.05) is 128 Å². The zero-order valence-electron chi connectivity index (χ0n) is 40.8. The summed E-state index contributed by atoms with van der Waals surface area (Å²) in [5.41, 5.74) is 0. The highest BCUT2D eigenvalue weighted by molar-refractivity contribution is 8.13. The number of unbranched alkanes of at least 4 members (excludes halogenated alkanes) is 12. The van der Waals surface area contributed by atoms with E-state index >= 15 is 0 Å². The van der Waals surface area contributed by atoms with Crippen molar-refractivity contribution in [3.63, 3.8) is 0 Å². The van der Waals surface area contributed by atoms with Gasteiger partial charge in [0.25, 0.3) is 0 Å². The van der Waals surface area contributed by atoms with Gasteiger partial charge >= 0.3 is 23.9 Å². The molecule has 0 aromatic carbocycles. The maximum absolute atomic E-state index is 13.0. The number of carbonyl (C=O) groups is 8. The summed E-state index contributed by atoms with van der Waals surface area (Å²) in [6.45, 7) is 11.7. The molecule has 0 aromatic rings. The van der Waals surface area contributed by atoms with Crippen LogP contribution in [-0.4, -0.2) is 145 Å².